The van der Waals surface area contributed by atoms with E-state index in [9.17, 15) is 4.79 Å². The number of carboxylic acid groups (broad SMARTS) is 1. The molecule has 1 aromatic rings. The van der Waals surface area contributed by atoms with Gasteiger partial charge in [-0.15, -0.1) is 0 Å². The number of hydrogen-bond acceptors (Lipinski definition) is 2. The lowest BCUT2D eigenvalue weighted by Gasteiger charge is -1.93. The summed E-state index contributed by atoms with van der Waals surface area (Å²) in [5.74, 6) is -0.872. The van der Waals surface area contributed by atoms with Crippen molar-refractivity contribution in [3.05, 3.63) is 35.4 Å². The molecule has 1 aromatic carbocycles. The van der Waals surface area contributed by atoms with Gasteiger partial charge in [0.25, 0.3) is 0 Å². The van der Waals surface area contributed by atoms with E-state index >= 15 is 0 Å². The summed E-state index contributed by atoms with van der Waals surface area (Å²) in [5, 5.41) is 15.5. The van der Waals surface area contributed by atoms with Crippen molar-refractivity contribution in [2.75, 3.05) is 7.11 Å². The average molecular weight is 198 g/mol. The highest BCUT2D eigenvalue weighted by molar-refractivity contribution is 5.87. The van der Waals surface area contributed by atoms with E-state index in [1.165, 1.54) is 0 Å². The molecule has 0 amide bonds. The molecule has 1 rings (SSSR count). The molecule has 80 valence electrons. The number of aryl methyl sites for hydroxylation is 1. The highest BCUT2D eigenvalue weighted by Gasteiger charge is 1.99. The third-order valence-electron chi connectivity index (χ3n) is 1.27. The maximum atomic E-state index is 10.4. The number of rotatable bonds is 1. The van der Waals surface area contributed by atoms with E-state index in [1.54, 1.807) is 18.2 Å². The van der Waals surface area contributed by atoms with Crippen LogP contribution in [0.4, 0.5) is 0 Å². The molecule has 0 saturated heterocycles. The zero-order valence-electron chi connectivity index (χ0n) is 9.11. The maximum Gasteiger partial charge on any atom is 0.335 e. The van der Waals surface area contributed by atoms with Gasteiger partial charge in [0.2, 0.25) is 0 Å². The monoisotopic (exact) mass is 198 g/mol. The minimum absolute atomic E-state index is 0.347. The van der Waals surface area contributed by atoms with Crippen molar-refractivity contribution in [3.8, 4) is 0 Å². The molecule has 0 aliphatic heterocycles. The number of hydrogen-bond donors (Lipinski definition) is 2. The summed E-state index contributed by atoms with van der Waals surface area (Å²) >= 11 is 0. The van der Waals surface area contributed by atoms with Crippen LogP contribution < -0.4 is 0 Å². The van der Waals surface area contributed by atoms with Gasteiger partial charge in [0.1, 0.15) is 0 Å². The lowest BCUT2D eigenvalue weighted by molar-refractivity contribution is 0.0697. The Hall–Kier alpha value is -1.35. The van der Waals surface area contributed by atoms with Crippen LogP contribution in [0.1, 0.15) is 29.8 Å². The van der Waals surface area contributed by atoms with Gasteiger partial charge in [0.15, 0.2) is 0 Å². The molecule has 0 saturated carbocycles. The Bertz CT molecular complexity index is 256. The number of aliphatic hydroxyl groups excluding tert-OH is 1. The lowest BCUT2D eigenvalue weighted by Crippen LogP contribution is -1.95. The predicted octanol–water partition coefficient (Wildman–Crippen LogP) is 2.33. The van der Waals surface area contributed by atoms with Crippen molar-refractivity contribution in [2.45, 2.75) is 20.8 Å². The number of carboxylic acids is 1. The Kier molecular flexibility index (Phi) is 10.5. The highest BCUT2D eigenvalue weighted by Crippen LogP contribution is 2.02. The van der Waals surface area contributed by atoms with Crippen LogP contribution in [0.3, 0.4) is 0 Å². The number of aromatic carboxylic acids is 1. The Morgan fingerprint density at radius 2 is 1.71 bits per heavy atom. The molecule has 3 nitrogen and oxygen atoms in total. The van der Waals surface area contributed by atoms with Crippen molar-refractivity contribution >= 4 is 5.97 Å². The summed E-state index contributed by atoms with van der Waals surface area (Å²) < 4.78 is 0. The Morgan fingerprint density at radius 3 is 2.00 bits per heavy atom. The minimum atomic E-state index is -0.872. The van der Waals surface area contributed by atoms with Gasteiger partial charge in [0, 0.05) is 7.11 Å². The number of aliphatic hydroxyl groups is 1. The maximum absolute atomic E-state index is 10.4. The number of benzene rings is 1. The third-order valence-corrected chi connectivity index (χ3v) is 1.27. The molecule has 0 unspecified atom stereocenters. The van der Waals surface area contributed by atoms with E-state index in [1.807, 2.05) is 26.8 Å². The second-order valence-corrected chi connectivity index (χ2v) is 2.17. The van der Waals surface area contributed by atoms with Gasteiger partial charge in [-0.05, 0) is 19.1 Å². The van der Waals surface area contributed by atoms with Crippen molar-refractivity contribution in [3.63, 3.8) is 0 Å². The topological polar surface area (TPSA) is 57.5 Å². The molecule has 0 radical (unpaired) electrons. The van der Waals surface area contributed by atoms with E-state index in [-0.39, 0.29) is 0 Å². The molecule has 0 aliphatic rings. The molecule has 0 fully saturated rings. The minimum Gasteiger partial charge on any atom is -0.478 e. The summed E-state index contributed by atoms with van der Waals surface area (Å²) in [7, 11) is 1.00. The van der Waals surface area contributed by atoms with Gasteiger partial charge in [-0.1, -0.05) is 31.5 Å². The van der Waals surface area contributed by atoms with Crippen LogP contribution in [0.2, 0.25) is 0 Å². The zero-order valence-corrected chi connectivity index (χ0v) is 9.11. The molecule has 14 heavy (non-hydrogen) atoms. The molecule has 0 aliphatic carbocycles. The van der Waals surface area contributed by atoms with E-state index in [2.05, 4.69) is 0 Å². The van der Waals surface area contributed by atoms with E-state index in [0.717, 1.165) is 12.7 Å². The van der Waals surface area contributed by atoms with Gasteiger partial charge in [0.05, 0.1) is 5.56 Å². The first-order valence-electron chi connectivity index (χ1n) is 4.45. The van der Waals surface area contributed by atoms with Crippen molar-refractivity contribution in [1.29, 1.82) is 0 Å². The van der Waals surface area contributed by atoms with Gasteiger partial charge in [-0.25, -0.2) is 4.79 Å². The average Bonchev–Trinajstić information content (AvgIpc) is 2.24. The van der Waals surface area contributed by atoms with Crippen LogP contribution in [-0.4, -0.2) is 23.3 Å². The van der Waals surface area contributed by atoms with Gasteiger partial charge < -0.3 is 10.2 Å². The van der Waals surface area contributed by atoms with E-state index < -0.39 is 5.97 Å². The first-order chi connectivity index (χ1) is 6.70. The fourth-order valence-electron chi connectivity index (χ4n) is 0.778. The largest absolute Gasteiger partial charge is 0.478 e. The summed E-state index contributed by atoms with van der Waals surface area (Å²) in [5.41, 5.74) is 1.32. The lowest BCUT2D eigenvalue weighted by atomic mass is 10.1. The summed E-state index contributed by atoms with van der Waals surface area (Å²) in [4.78, 5) is 10.4. The SMILES string of the molecule is CC.CO.Cc1cccc(C(=O)O)c1. The van der Waals surface area contributed by atoms with Crippen LogP contribution >= 0.6 is 0 Å². The van der Waals surface area contributed by atoms with Crippen LogP contribution in [0, 0.1) is 6.92 Å². The molecule has 0 aromatic heterocycles. The fourth-order valence-corrected chi connectivity index (χ4v) is 0.778. The second-order valence-electron chi connectivity index (χ2n) is 2.17. The molecule has 0 bridgehead atoms. The van der Waals surface area contributed by atoms with Crippen LogP contribution in [0.15, 0.2) is 24.3 Å². The molecular weight excluding hydrogens is 180 g/mol. The van der Waals surface area contributed by atoms with Crippen molar-refractivity contribution in [2.24, 2.45) is 0 Å². The zero-order chi connectivity index (χ0) is 11.6. The smallest absolute Gasteiger partial charge is 0.335 e. The van der Waals surface area contributed by atoms with Gasteiger partial charge >= 0.3 is 5.97 Å². The quantitative estimate of drug-likeness (QED) is 0.728. The second kappa shape index (κ2) is 9.74. The van der Waals surface area contributed by atoms with E-state index in [4.69, 9.17) is 10.2 Å². The predicted molar refractivity (Wildman–Crippen MR) is 57.6 cm³/mol. The first-order valence-corrected chi connectivity index (χ1v) is 4.45. The van der Waals surface area contributed by atoms with Crippen molar-refractivity contribution in [1.82, 2.24) is 0 Å². The first kappa shape index (κ1) is 15.1. The molecular formula is C11H18O3. The van der Waals surface area contributed by atoms with Crippen LogP contribution in [0.25, 0.3) is 0 Å². The standard InChI is InChI=1S/C8H8O2.C2H6.CH4O/c1-6-3-2-4-7(5-6)8(9)10;2*1-2/h2-5H,1H3,(H,9,10);1-2H3;2H,1H3. The third kappa shape index (κ3) is 6.20. The normalized spacial score (nSPS) is 7.50. The van der Waals surface area contributed by atoms with Crippen LogP contribution in [-0.2, 0) is 0 Å². The highest BCUT2D eigenvalue weighted by atomic mass is 16.4. The Morgan fingerprint density at radius 1 is 1.21 bits per heavy atom. The number of carbonyl (C=O) groups is 1. The molecule has 0 spiro atoms. The van der Waals surface area contributed by atoms with Gasteiger partial charge in [-0.3, -0.25) is 0 Å². The fraction of sp³-hybridized carbons (Fsp3) is 0.364. The molecule has 3 heteroatoms. The summed E-state index contributed by atoms with van der Waals surface area (Å²) in [6.07, 6.45) is 0. The molecule has 0 heterocycles. The molecule has 2 N–H and O–H groups in total. The Labute approximate surface area is 85.0 Å². The van der Waals surface area contributed by atoms with Crippen molar-refractivity contribution < 1.29 is 15.0 Å². The summed E-state index contributed by atoms with van der Waals surface area (Å²) in [6.45, 7) is 5.87. The summed E-state index contributed by atoms with van der Waals surface area (Å²) in [6, 6.07) is 6.82. The van der Waals surface area contributed by atoms with Crippen LogP contribution in [0.5, 0.6) is 0 Å². The van der Waals surface area contributed by atoms with Gasteiger partial charge in [-0.2, -0.15) is 0 Å². The van der Waals surface area contributed by atoms with E-state index in [0.29, 0.717) is 5.56 Å². The molecule has 0 atom stereocenters. The Balaban J connectivity index is 0.